The summed E-state index contributed by atoms with van der Waals surface area (Å²) >= 11 is 0. The van der Waals surface area contributed by atoms with Gasteiger partial charge in [-0.05, 0) is 11.1 Å². The van der Waals surface area contributed by atoms with Gasteiger partial charge in [-0.1, -0.05) is 44.2 Å². The van der Waals surface area contributed by atoms with E-state index in [0.29, 0.717) is 6.54 Å². The van der Waals surface area contributed by atoms with Crippen molar-refractivity contribution < 1.29 is 43.3 Å². The Kier molecular flexibility index (Phi) is 8.64. The maximum absolute atomic E-state index is 10.8. The standard InChI is InChI=1S/C18H21NO2.ClHO4/c1-3-16-12-15(14-8-6-5-7-9-14)13-17(4-2)19(16)11-10-18(20)21;2-1(3,4)5/h5-9,12-13H,3-4,10-11H2,1-2H3;(H,2,3,4,5). The molecule has 0 radical (unpaired) electrons. The number of rotatable bonds is 6. The molecule has 1 aromatic heterocycles. The first-order chi connectivity index (χ1) is 12.2. The first-order valence-corrected chi connectivity index (χ1v) is 9.33. The van der Waals surface area contributed by atoms with E-state index in [1.807, 2.05) is 18.2 Å². The summed E-state index contributed by atoms with van der Waals surface area (Å²) in [5.41, 5.74) is 4.78. The van der Waals surface area contributed by atoms with E-state index in [0.717, 1.165) is 12.8 Å². The molecule has 0 amide bonds. The average molecular weight is 384 g/mol. The first-order valence-electron chi connectivity index (χ1n) is 8.10. The molecule has 1 heterocycles. The van der Waals surface area contributed by atoms with Gasteiger partial charge in [-0.2, -0.15) is 4.57 Å². The van der Waals surface area contributed by atoms with Crippen LogP contribution >= 0.6 is 0 Å². The van der Waals surface area contributed by atoms with Crippen LogP contribution in [0.25, 0.3) is 11.1 Å². The van der Waals surface area contributed by atoms with Gasteiger partial charge in [-0.15, -0.1) is 10.2 Å². The predicted octanol–water partition coefficient (Wildman–Crippen LogP) is -1.52. The number of carboxylic acids is 1. The topological polar surface area (TPSA) is 133 Å². The molecule has 142 valence electrons. The van der Waals surface area contributed by atoms with Crippen LogP contribution < -0.4 is 23.2 Å². The van der Waals surface area contributed by atoms with Crippen molar-refractivity contribution >= 4 is 5.97 Å². The van der Waals surface area contributed by atoms with Crippen LogP contribution in [0.3, 0.4) is 0 Å². The lowest BCUT2D eigenvalue weighted by atomic mass is 10.0. The summed E-state index contributed by atoms with van der Waals surface area (Å²) in [5.74, 6) is -0.751. The predicted molar refractivity (Wildman–Crippen MR) is 83.1 cm³/mol. The number of aryl methyl sites for hydroxylation is 2. The van der Waals surface area contributed by atoms with Gasteiger partial charge in [0.15, 0.2) is 17.9 Å². The smallest absolute Gasteiger partial charge is 0.309 e. The van der Waals surface area contributed by atoms with Crippen LogP contribution in [0.1, 0.15) is 31.7 Å². The van der Waals surface area contributed by atoms with E-state index in [9.17, 15) is 4.79 Å². The molecule has 2 rings (SSSR count). The second kappa shape index (κ2) is 10.2. The minimum absolute atomic E-state index is 0.162. The normalized spacial score (nSPS) is 10.8. The molecule has 0 saturated carbocycles. The molecule has 0 fully saturated rings. The SMILES string of the molecule is CCc1cc(-c2ccccc2)cc(CC)[n+]1CCC(=O)O.[O-][Cl+3]([O-])([O-])[O-]. The van der Waals surface area contributed by atoms with Crippen molar-refractivity contribution in [3.05, 3.63) is 53.9 Å². The summed E-state index contributed by atoms with van der Waals surface area (Å²) in [4.78, 5) is 10.8. The fourth-order valence-corrected chi connectivity index (χ4v) is 2.62. The lowest BCUT2D eigenvalue weighted by Crippen LogP contribution is -2.68. The average Bonchev–Trinajstić information content (AvgIpc) is 2.58. The van der Waals surface area contributed by atoms with Crippen molar-refractivity contribution in [1.82, 2.24) is 0 Å². The van der Waals surface area contributed by atoms with Crippen LogP contribution in [0.4, 0.5) is 0 Å². The quantitative estimate of drug-likeness (QED) is 0.602. The van der Waals surface area contributed by atoms with E-state index >= 15 is 0 Å². The maximum Gasteiger partial charge on any atom is 0.309 e. The monoisotopic (exact) mass is 383 g/mol. The fraction of sp³-hybridized carbons (Fsp3) is 0.333. The lowest BCUT2D eigenvalue weighted by molar-refractivity contribution is -2.00. The highest BCUT2D eigenvalue weighted by Gasteiger charge is 2.18. The van der Waals surface area contributed by atoms with Crippen LogP contribution in [-0.2, 0) is 24.2 Å². The highest BCUT2D eigenvalue weighted by molar-refractivity contribution is 5.66. The van der Waals surface area contributed by atoms with E-state index in [2.05, 4.69) is 42.7 Å². The third kappa shape index (κ3) is 7.90. The Morgan fingerprint density at radius 1 is 0.962 bits per heavy atom. The molecule has 8 heteroatoms. The van der Waals surface area contributed by atoms with Gasteiger partial charge in [0.1, 0.15) is 6.42 Å². The largest absolute Gasteiger partial charge is 0.481 e. The summed E-state index contributed by atoms with van der Waals surface area (Å²) in [6.07, 6.45) is 1.95. The van der Waals surface area contributed by atoms with Gasteiger partial charge < -0.3 is 5.11 Å². The van der Waals surface area contributed by atoms with Gasteiger partial charge in [-0.25, -0.2) is 18.6 Å². The van der Waals surface area contributed by atoms with Gasteiger partial charge in [0.25, 0.3) is 0 Å². The van der Waals surface area contributed by atoms with Gasteiger partial charge in [-0.3, -0.25) is 4.79 Å². The Morgan fingerprint density at radius 2 is 1.42 bits per heavy atom. The maximum atomic E-state index is 10.8. The molecule has 0 saturated heterocycles. The highest BCUT2D eigenvalue weighted by atomic mass is 35.7. The van der Waals surface area contributed by atoms with Gasteiger partial charge in [0.2, 0.25) is 0 Å². The van der Waals surface area contributed by atoms with Crippen LogP contribution in [0.15, 0.2) is 42.5 Å². The number of nitrogens with zero attached hydrogens (tertiary/aromatic N) is 1. The minimum Gasteiger partial charge on any atom is -0.481 e. The van der Waals surface area contributed by atoms with E-state index in [4.69, 9.17) is 23.7 Å². The number of halogens is 1. The van der Waals surface area contributed by atoms with Crippen molar-refractivity contribution in [3.63, 3.8) is 0 Å². The molecular weight excluding hydrogens is 362 g/mol. The summed E-state index contributed by atoms with van der Waals surface area (Å²) in [6, 6.07) is 14.7. The van der Waals surface area contributed by atoms with Crippen molar-refractivity contribution in [2.75, 3.05) is 0 Å². The molecule has 1 N–H and O–H groups in total. The van der Waals surface area contributed by atoms with Crippen LogP contribution in [0.5, 0.6) is 0 Å². The number of carbonyl (C=O) groups is 1. The zero-order valence-corrected chi connectivity index (χ0v) is 15.4. The van der Waals surface area contributed by atoms with Crippen molar-refractivity contribution in [2.24, 2.45) is 0 Å². The van der Waals surface area contributed by atoms with Crippen LogP contribution in [-0.4, -0.2) is 11.1 Å². The molecule has 0 spiro atoms. The number of aromatic nitrogens is 1. The first kappa shape index (κ1) is 22.0. The second-order valence-corrected chi connectivity index (χ2v) is 6.23. The molecular formula is C18H22ClNO6. The van der Waals surface area contributed by atoms with Crippen molar-refractivity contribution in [2.45, 2.75) is 39.7 Å². The molecule has 1 aromatic carbocycles. The zero-order valence-electron chi connectivity index (χ0n) is 14.7. The fourth-order valence-electron chi connectivity index (χ4n) is 2.62. The number of pyridine rings is 1. The highest BCUT2D eigenvalue weighted by Crippen LogP contribution is 2.20. The third-order valence-electron chi connectivity index (χ3n) is 3.72. The Bertz CT molecular complexity index is 684. The summed E-state index contributed by atoms with van der Waals surface area (Å²) in [6.45, 7) is 4.76. The number of aliphatic carboxylic acids is 1. The molecule has 0 unspecified atom stereocenters. The summed E-state index contributed by atoms with van der Waals surface area (Å²) in [7, 11) is -4.94. The lowest BCUT2D eigenvalue weighted by Gasteiger charge is -2.17. The number of carboxylic acid groups (broad SMARTS) is 1. The number of hydrogen-bond donors (Lipinski definition) is 1. The van der Waals surface area contributed by atoms with E-state index < -0.39 is 16.2 Å². The third-order valence-corrected chi connectivity index (χ3v) is 3.72. The molecule has 0 atom stereocenters. The summed E-state index contributed by atoms with van der Waals surface area (Å²) < 4.78 is 36.1. The molecule has 0 bridgehead atoms. The molecule has 0 aliphatic heterocycles. The van der Waals surface area contributed by atoms with Gasteiger partial charge >= 0.3 is 5.97 Å². The van der Waals surface area contributed by atoms with Crippen LogP contribution in [0.2, 0.25) is 0 Å². The Hall–Kier alpha value is -2.03. The van der Waals surface area contributed by atoms with Crippen LogP contribution in [0, 0.1) is 10.2 Å². The van der Waals surface area contributed by atoms with Gasteiger partial charge in [0.05, 0.1) is 0 Å². The minimum atomic E-state index is -4.94. The Morgan fingerprint density at radius 3 is 1.81 bits per heavy atom. The van der Waals surface area contributed by atoms with E-state index in [1.165, 1.54) is 22.5 Å². The van der Waals surface area contributed by atoms with Gasteiger partial charge in [0, 0.05) is 25.0 Å². The Labute approximate surface area is 154 Å². The molecule has 26 heavy (non-hydrogen) atoms. The van der Waals surface area contributed by atoms with E-state index in [-0.39, 0.29) is 6.42 Å². The second-order valence-electron chi connectivity index (χ2n) is 5.47. The molecule has 2 aromatic rings. The number of hydrogen-bond acceptors (Lipinski definition) is 5. The molecule has 0 aliphatic carbocycles. The van der Waals surface area contributed by atoms with Crippen molar-refractivity contribution in [1.29, 1.82) is 0 Å². The zero-order chi connectivity index (χ0) is 19.7. The van der Waals surface area contributed by atoms with Crippen molar-refractivity contribution in [3.8, 4) is 11.1 Å². The Balaban J connectivity index is 0.000000597. The molecule has 0 aliphatic rings. The number of benzene rings is 1. The summed E-state index contributed by atoms with van der Waals surface area (Å²) in [5, 5.41) is 8.92. The van der Waals surface area contributed by atoms with E-state index in [1.54, 1.807) is 0 Å². The molecule has 7 nitrogen and oxygen atoms in total.